The highest BCUT2D eigenvalue weighted by Gasteiger charge is 2.30. The molecule has 0 spiro atoms. The summed E-state index contributed by atoms with van der Waals surface area (Å²) in [6, 6.07) is 0.233. The van der Waals surface area contributed by atoms with Gasteiger partial charge in [0.2, 0.25) is 5.91 Å². The Bertz CT molecular complexity index is 272. The number of nitrogens with one attached hydrogen (secondary N) is 2. The minimum absolute atomic E-state index is 0.0767. The fourth-order valence-corrected chi connectivity index (χ4v) is 2.67. The zero-order valence-electron chi connectivity index (χ0n) is 10.7. The first kappa shape index (κ1) is 12.8. The third-order valence-corrected chi connectivity index (χ3v) is 3.71. The number of likely N-dealkylation sites (N-methyl/N-ethyl adjacent to an activating group) is 1. The molecule has 2 aliphatic heterocycles. The van der Waals surface area contributed by atoms with Crippen LogP contribution in [-0.2, 0) is 9.53 Å². The smallest absolute Gasteiger partial charge is 0.237 e. The lowest BCUT2D eigenvalue weighted by Gasteiger charge is -2.30. The predicted octanol–water partition coefficient (Wildman–Crippen LogP) is -0.426. The van der Waals surface area contributed by atoms with Crippen LogP contribution in [0.25, 0.3) is 0 Å². The predicted molar refractivity (Wildman–Crippen MR) is 65.9 cm³/mol. The summed E-state index contributed by atoms with van der Waals surface area (Å²) in [4.78, 5) is 14.3. The number of ether oxygens (including phenoxy) is 1. The van der Waals surface area contributed by atoms with E-state index >= 15 is 0 Å². The quantitative estimate of drug-likeness (QED) is 0.704. The summed E-state index contributed by atoms with van der Waals surface area (Å²) in [5.41, 5.74) is 0. The summed E-state index contributed by atoms with van der Waals surface area (Å²) in [6.07, 6.45) is 3.22. The Labute approximate surface area is 103 Å². The number of hydrogen-bond donors (Lipinski definition) is 2. The molecule has 3 unspecified atom stereocenters. The Kier molecular flexibility index (Phi) is 4.36. The van der Waals surface area contributed by atoms with E-state index in [1.165, 1.54) is 6.42 Å². The summed E-state index contributed by atoms with van der Waals surface area (Å²) in [5, 5.41) is 6.34. The highest BCUT2D eigenvalue weighted by atomic mass is 16.5. The van der Waals surface area contributed by atoms with Crippen molar-refractivity contribution in [2.45, 2.75) is 37.5 Å². The van der Waals surface area contributed by atoms with Crippen molar-refractivity contribution in [2.75, 3.05) is 33.8 Å². The molecule has 2 saturated heterocycles. The first-order valence-electron chi connectivity index (χ1n) is 6.44. The Morgan fingerprint density at radius 3 is 3.00 bits per heavy atom. The van der Waals surface area contributed by atoms with Crippen LogP contribution in [-0.4, -0.2) is 62.8 Å². The van der Waals surface area contributed by atoms with Gasteiger partial charge in [-0.2, -0.15) is 0 Å². The van der Waals surface area contributed by atoms with E-state index < -0.39 is 0 Å². The maximum absolute atomic E-state index is 12.0. The molecule has 5 heteroatoms. The maximum atomic E-state index is 12.0. The van der Waals surface area contributed by atoms with Crippen LogP contribution in [0.3, 0.4) is 0 Å². The number of amides is 1. The van der Waals surface area contributed by atoms with Gasteiger partial charge in [0, 0.05) is 26.2 Å². The summed E-state index contributed by atoms with van der Waals surface area (Å²) < 4.78 is 5.25. The Morgan fingerprint density at radius 2 is 2.35 bits per heavy atom. The minimum atomic E-state index is -0.0767. The Balaban J connectivity index is 1.77. The van der Waals surface area contributed by atoms with E-state index in [1.807, 2.05) is 0 Å². The van der Waals surface area contributed by atoms with Crippen LogP contribution in [0.5, 0.6) is 0 Å². The average Bonchev–Trinajstić information content (AvgIpc) is 2.77. The molecular weight excluding hydrogens is 218 g/mol. The van der Waals surface area contributed by atoms with Gasteiger partial charge >= 0.3 is 0 Å². The van der Waals surface area contributed by atoms with Gasteiger partial charge < -0.3 is 20.3 Å². The summed E-state index contributed by atoms with van der Waals surface area (Å²) in [6.45, 7) is 2.88. The fraction of sp³-hybridized carbons (Fsp3) is 0.917. The van der Waals surface area contributed by atoms with Crippen molar-refractivity contribution >= 4 is 5.91 Å². The van der Waals surface area contributed by atoms with Crippen molar-refractivity contribution in [3.8, 4) is 0 Å². The largest absolute Gasteiger partial charge is 0.380 e. The van der Waals surface area contributed by atoms with Crippen LogP contribution in [0.15, 0.2) is 0 Å². The average molecular weight is 241 g/mol. The SMILES string of the molecule is COC1CNC(C(=O)NC2CCCN(C)C2)C1. The number of rotatable bonds is 3. The number of piperidine rings is 1. The molecule has 2 heterocycles. The molecule has 0 aliphatic carbocycles. The van der Waals surface area contributed by atoms with Gasteiger partial charge in [0.05, 0.1) is 12.1 Å². The molecule has 1 amide bonds. The normalized spacial score (nSPS) is 34.8. The van der Waals surface area contributed by atoms with Gasteiger partial charge in [-0.3, -0.25) is 4.79 Å². The van der Waals surface area contributed by atoms with Crippen LogP contribution in [0.4, 0.5) is 0 Å². The third kappa shape index (κ3) is 3.40. The summed E-state index contributed by atoms with van der Waals surface area (Å²) >= 11 is 0. The lowest BCUT2D eigenvalue weighted by molar-refractivity contribution is -0.124. The van der Waals surface area contributed by atoms with E-state index in [0.717, 1.165) is 32.5 Å². The monoisotopic (exact) mass is 241 g/mol. The molecule has 98 valence electrons. The second-order valence-electron chi connectivity index (χ2n) is 5.16. The van der Waals surface area contributed by atoms with Crippen LogP contribution in [0.1, 0.15) is 19.3 Å². The van der Waals surface area contributed by atoms with Crippen molar-refractivity contribution in [2.24, 2.45) is 0 Å². The first-order valence-corrected chi connectivity index (χ1v) is 6.44. The van der Waals surface area contributed by atoms with E-state index in [2.05, 4.69) is 22.6 Å². The molecule has 3 atom stereocenters. The lowest BCUT2D eigenvalue weighted by atomic mass is 10.1. The highest BCUT2D eigenvalue weighted by molar-refractivity contribution is 5.82. The third-order valence-electron chi connectivity index (χ3n) is 3.71. The number of nitrogens with zero attached hydrogens (tertiary/aromatic N) is 1. The summed E-state index contributed by atoms with van der Waals surface area (Å²) in [5.74, 6) is 0.129. The van der Waals surface area contributed by atoms with E-state index in [4.69, 9.17) is 4.74 Å². The van der Waals surface area contributed by atoms with Crippen molar-refractivity contribution < 1.29 is 9.53 Å². The Morgan fingerprint density at radius 1 is 1.53 bits per heavy atom. The van der Waals surface area contributed by atoms with Gasteiger partial charge in [0.1, 0.15) is 0 Å². The van der Waals surface area contributed by atoms with Crippen molar-refractivity contribution in [3.05, 3.63) is 0 Å². The highest BCUT2D eigenvalue weighted by Crippen LogP contribution is 2.12. The zero-order chi connectivity index (χ0) is 12.3. The van der Waals surface area contributed by atoms with Gasteiger partial charge in [-0.25, -0.2) is 0 Å². The molecule has 5 nitrogen and oxygen atoms in total. The van der Waals surface area contributed by atoms with Crippen LogP contribution >= 0.6 is 0 Å². The van der Waals surface area contributed by atoms with Crippen molar-refractivity contribution in [1.82, 2.24) is 15.5 Å². The fourth-order valence-electron chi connectivity index (χ4n) is 2.67. The number of methoxy groups -OCH3 is 1. The van der Waals surface area contributed by atoms with E-state index in [9.17, 15) is 4.79 Å². The van der Waals surface area contributed by atoms with Gasteiger partial charge in [-0.1, -0.05) is 0 Å². The second kappa shape index (κ2) is 5.80. The van der Waals surface area contributed by atoms with Gasteiger partial charge in [0.15, 0.2) is 0 Å². The van der Waals surface area contributed by atoms with Crippen LogP contribution in [0.2, 0.25) is 0 Å². The van der Waals surface area contributed by atoms with E-state index in [1.54, 1.807) is 7.11 Å². The first-order chi connectivity index (χ1) is 8.19. The number of carbonyl (C=O) groups excluding carboxylic acids is 1. The molecule has 0 aromatic carbocycles. The molecule has 2 fully saturated rings. The molecule has 2 rings (SSSR count). The Hall–Kier alpha value is -0.650. The van der Waals surface area contributed by atoms with E-state index in [0.29, 0.717) is 6.04 Å². The van der Waals surface area contributed by atoms with Gasteiger partial charge in [0.25, 0.3) is 0 Å². The standard InChI is InChI=1S/C12H23N3O2/c1-15-5-3-4-9(8-15)14-12(16)11-6-10(17-2)7-13-11/h9-11,13H,3-8H2,1-2H3,(H,14,16). The summed E-state index contributed by atoms with van der Waals surface area (Å²) in [7, 11) is 3.80. The second-order valence-corrected chi connectivity index (χ2v) is 5.16. The lowest BCUT2D eigenvalue weighted by Crippen LogP contribution is -2.50. The molecule has 2 aliphatic rings. The number of carbonyl (C=O) groups is 1. The minimum Gasteiger partial charge on any atom is -0.380 e. The number of hydrogen-bond acceptors (Lipinski definition) is 4. The molecule has 0 saturated carbocycles. The van der Waals surface area contributed by atoms with Crippen LogP contribution in [0, 0.1) is 0 Å². The molecule has 0 bridgehead atoms. The van der Waals surface area contributed by atoms with Gasteiger partial charge in [-0.15, -0.1) is 0 Å². The van der Waals surface area contributed by atoms with Crippen LogP contribution < -0.4 is 10.6 Å². The molecule has 0 aromatic rings. The molecule has 2 N–H and O–H groups in total. The maximum Gasteiger partial charge on any atom is 0.237 e. The van der Waals surface area contributed by atoms with Gasteiger partial charge in [-0.05, 0) is 32.9 Å². The van der Waals surface area contributed by atoms with Crippen molar-refractivity contribution in [3.63, 3.8) is 0 Å². The molecule has 17 heavy (non-hydrogen) atoms. The molecule has 0 radical (unpaired) electrons. The van der Waals surface area contributed by atoms with E-state index in [-0.39, 0.29) is 18.1 Å². The molecule has 0 aromatic heterocycles. The number of likely N-dealkylation sites (tertiary alicyclic amines) is 1. The zero-order valence-corrected chi connectivity index (χ0v) is 10.7. The molecular formula is C12H23N3O2. The van der Waals surface area contributed by atoms with Crippen molar-refractivity contribution in [1.29, 1.82) is 0 Å². The topological polar surface area (TPSA) is 53.6 Å².